The van der Waals surface area contributed by atoms with Crippen LogP contribution < -0.4 is 10.2 Å². The lowest BCUT2D eigenvalue weighted by Gasteiger charge is -2.32. The molecule has 1 fully saturated rings. The number of rotatable bonds is 6. The molecule has 0 radical (unpaired) electrons. The summed E-state index contributed by atoms with van der Waals surface area (Å²) >= 11 is 0. The van der Waals surface area contributed by atoms with Crippen LogP contribution in [-0.4, -0.2) is 25.4 Å². The Morgan fingerprint density at radius 3 is 2.11 bits per heavy atom. The summed E-state index contributed by atoms with van der Waals surface area (Å²) in [5.41, 5.74) is 3.82. The SMILES string of the molecule is COc1ccc(COCc2cc(B3OC(C)(C)C(C)(C)O3)ccc2C)cc1. The van der Waals surface area contributed by atoms with E-state index in [0.29, 0.717) is 13.2 Å². The zero-order valence-electron chi connectivity index (χ0n) is 17.2. The highest BCUT2D eigenvalue weighted by Crippen LogP contribution is 2.36. The van der Waals surface area contributed by atoms with E-state index in [0.717, 1.165) is 22.3 Å². The fraction of sp³-hybridized carbons (Fsp3) is 0.455. The predicted octanol–water partition coefficient (Wildman–Crippen LogP) is 4.02. The van der Waals surface area contributed by atoms with Crippen molar-refractivity contribution in [3.8, 4) is 5.75 Å². The fourth-order valence-corrected chi connectivity index (χ4v) is 2.97. The van der Waals surface area contributed by atoms with Gasteiger partial charge in [0, 0.05) is 0 Å². The Hall–Kier alpha value is -1.82. The highest BCUT2D eigenvalue weighted by atomic mass is 16.7. The van der Waals surface area contributed by atoms with Crippen molar-refractivity contribution >= 4 is 12.6 Å². The van der Waals surface area contributed by atoms with E-state index in [1.807, 2.05) is 24.3 Å². The minimum Gasteiger partial charge on any atom is -0.497 e. The number of hydrogen-bond donors (Lipinski definition) is 0. The van der Waals surface area contributed by atoms with E-state index < -0.39 is 0 Å². The van der Waals surface area contributed by atoms with Crippen LogP contribution in [0.2, 0.25) is 0 Å². The number of benzene rings is 2. The Kier molecular flexibility index (Phi) is 5.66. The van der Waals surface area contributed by atoms with Crippen molar-refractivity contribution in [2.24, 2.45) is 0 Å². The maximum Gasteiger partial charge on any atom is 0.494 e. The summed E-state index contributed by atoms with van der Waals surface area (Å²) in [7, 11) is 1.32. The van der Waals surface area contributed by atoms with Gasteiger partial charge >= 0.3 is 7.12 Å². The topological polar surface area (TPSA) is 36.9 Å². The first kappa shape index (κ1) is 19.9. The molecule has 0 amide bonds. The van der Waals surface area contributed by atoms with Gasteiger partial charge in [0.25, 0.3) is 0 Å². The second-order valence-electron chi connectivity index (χ2n) is 8.12. The monoisotopic (exact) mass is 368 g/mol. The molecule has 2 aromatic carbocycles. The Bertz CT molecular complexity index is 767. The van der Waals surface area contributed by atoms with Crippen LogP contribution in [0.15, 0.2) is 42.5 Å². The quantitative estimate of drug-likeness (QED) is 0.722. The molecule has 2 aromatic rings. The molecule has 1 heterocycles. The van der Waals surface area contributed by atoms with Gasteiger partial charge in [0.05, 0.1) is 31.5 Å². The molecule has 1 saturated heterocycles. The summed E-state index contributed by atoms with van der Waals surface area (Å²) in [6.07, 6.45) is 0. The van der Waals surface area contributed by atoms with E-state index in [2.05, 4.69) is 52.8 Å². The molecular formula is C22H29BO4. The predicted molar refractivity (Wildman–Crippen MR) is 108 cm³/mol. The maximum atomic E-state index is 6.17. The molecule has 0 aliphatic carbocycles. The van der Waals surface area contributed by atoms with Gasteiger partial charge in [-0.1, -0.05) is 30.3 Å². The Balaban J connectivity index is 1.65. The van der Waals surface area contributed by atoms with Gasteiger partial charge in [-0.15, -0.1) is 0 Å². The molecule has 0 atom stereocenters. The van der Waals surface area contributed by atoms with Crippen molar-refractivity contribution in [3.05, 3.63) is 59.2 Å². The summed E-state index contributed by atoms with van der Waals surface area (Å²) in [5, 5.41) is 0. The van der Waals surface area contributed by atoms with E-state index in [1.54, 1.807) is 7.11 Å². The average molecular weight is 368 g/mol. The van der Waals surface area contributed by atoms with E-state index in [-0.39, 0.29) is 18.3 Å². The third kappa shape index (κ3) is 4.37. The molecular weight excluding hydrogens is 339 g/mol. The molecule has 27 heavy (non-hydrogen) atoms. The number of aryl methyl sites for hydroxylation is 1. The standard InChI is InChI=1S/C22H29BO4/c1-16-7-10-19(23-26-21(2,3)22(4,5)27-23)13-18(16)15-25-14-17-8-11-20(24-6)12-9-17/h7-13H,14-15H2,1-6H3. The van der Waals surface area contributed by atoms with Crippen molar-refractivity contribution in [1.82, 2.24) is 0 Å². The molecule has 0 saturated carbocycles. The zero-order valence-corrected chi connectivity index (χ0v) is 17.2. The molecule has 144 valence electrons. The van der Waals surface area contributed by atoms with Crippen LogP contribution in [0.3, 0.4) is 0 Å². The van der Waals surface area contributed by atoms with Gasteiger partial charge in [-0.25, -0.2) is 0 Å². The first-order valence-corrected chi connectivity index (χ1v) is 9.37. The van der Waals surface area contributed by atoms with E-state index in [4.69, 9.17) is 18.8 Å². The van der Waals surface area contributed by atoms with Gasteiger partial charge in [-0.05, 0) is 68.9 Å². The first-order valence-electron chi connectivity index (χ1n) is 9.37. The molecule has 1 aliphatic rings. The highest BCUT2D eigenvalue weighted by Gasteiger charge is 2.51. The van der Waals surface area contributed by atoms with Crippen LogP contribution in [0.5, 0.6) is 5.75 Å². The Morgan fingerprint density at radius 1 is 0.889 bits per heavy atom. The molecule has 4 nitrogen and oxygen atoms in total. The lowest BCUT2D eigenvalue weighted by atomic mass is 9.78. The Morgan fingerprint density at radius 2 is 1.52 bits per heavy atom. The number of methoxy groups -OCH3 is 1. The number of ether oxygens (including phenoxy) is 2. The van der Waals surface area contributed by atoms with Gasteiger partial charge in [-0.3, -0.25) is 0 Å². The van der Waals surface area contributed by atoms with E-state index >= 15 is 0 Å². The molecule has 0 aromatic heterocycles. The van der Waals surface area contributed by atoms with Crippen molar-refractivity contribution < 1.29 is 18.8 Å². The largest absolute Gasteiger partial charge is 0.497 e. The maximum absolute atomic E-state index is 6.17. The van der Waals surface area contributed by atoms with Crippen LogP contribution in [0, 0.1) is 6.92 Å². The highest BCUT2D eigenvalue weighted by molar-refractivity contribution is 6.62. The minimum absolute atomic E-state index is 0.340. The second-order valence-corrected chi connectivity index (χ2v) is 8.12. The van der Waals surface area contributed by atoms with Crippen molar-refractivity contribution in [2.75, 3.05) is 7.11 Å². The van der Waals surface area contributed by atoms with Crippen molar-refractivity contribution in [2.45, 2.75) is 59.0 Å². The smallest absolute Gasteiger partial charge is 0.494 e. The lowest BCUT2D eigenvalue weighted by Crippen LogP contribution is -2.41. The summed E-state index contributed by atoms with van der Waals surface area (Å²) in [6, 6.07) is 14.2. The molecule has 0 unspecified atom stereocenters. The normalized spacial score (nSPS) is 17.9. The third-order valence-electron chi connectivity index (χ3n) is 5.58. The molecule has 5 heteroatoms. The van der Waals surface area contributed by atoms with Crippen molar-refractivity contribution in [1.29, 1.82) is 0 Å². The number of hydrogen-bond acceptors (Lipinski definition) is 4. The van der Waals surface area contributed by atoms with E-state index in [1.165, 1.54) is 5.56 Å². The van der Waals surface area contributed by atoms with Gasteiger partial charge in [0.2, 0.25) is 0 Å². The van der Waals surface area contributed by atoms with Crippen LogP contribution in [0.25, 0.3) is 0 Å². The van der Waals surface area contributed by atoms with Gasteiger partial charge in [-0.2, -0.15) is 0 Å². The van der Waals surface area contributed by atoms with Crippen molar-refractivity contribution in [3.63, 3.8) is 0 Å². The van der Waals surface area contributed by atoms with Crippen LogP contribution in [0.4, 0.5) is 0 Å². The Labute approximate surface area is 162 Å². The molecule has 0 bridgehead atoms. The molecule has 3 rings (SSSR count). The van der Waals surface area contributed by atoms with Crippen LogP contribution >= 0.6 is 0 Å². The van der Waals surface area contributed by atoms with Crippen LogP contribution in [-0.2, 0) is 27.3 Å². The third-order valence-corrected chi connectivity index (χ3v) is 5.58. The fourth-order valence-electron chi connectivity index (χ4n) is 2.97. The minimum atomic E-state index is -0.351. The summed E-state index contributed by atoms with van der Waals surface area (Å²) < 4.78 is 23.5. The first-order chi connectivity index (χ1) is 12.7. The van der Waals surface area contributed by atoms with Gasteiger partial charge in [0.15, 0.2) is 0 Å². The van der Waals surface area contributed by atoms with Gasteiger partial charge in [0.1, 0.15) is 5.75 Å². The summed E-state index contributed by atoms with van der Waals surface area (Å²) in [4.78, 5) is 0. The average Bonchev–Trinajstić information content (AvgIpc) is 2.85. The molecule has 0 N–H and O–H groups in total. The molecule has 0 spiro atoms. The summed E-state index contributed by atoms with van der Waals surface area (Å²) in [5.74, 6) is 0.852. The summed E-state index contributed by atoms with van der Waals surface area (Å²) in [6.45, 7) is 11.5. The zero-order chi connectivity index (χ0) is 19.7. The molecule has 1 aliphatic heterocycles. The lowest BCUT2D eigenvalue weighted by molar-refractivity contribution is 0.00578. The second kappa shape index (κ2) is 7.66. The van der Waals surface area contributed by atoms with Crippen LogP contribution in [0.1, 0.15) is 44.4 Å². The van der Waals surface area contributed by atoms with E-state index in [9.17, 15) is 0 Å². The van der Waals surface area contributed by atoms with Gasteiger partial charge < -0.3 is 18.8 Å².